The first-order valence-corrected chi connectivity index (χ1v) is 7.90. The summed E-state index contributed by atoms with van der Waals surface area (Å²) >= 11 is 3.52. The molecule has 110 valence electrons. The van der Waals surface area contributed by atoms with Crippen molar-refractivity contribution in [3.05, 3.63) is 23.8 Å². The van der Waals surface area contributed by atoms with Crippen LogP contribution in [0.15, 0.2) is 18.2 Å². The largest absolute Gasteiger partial charge is 0.497 e. The van der Waals surface area contributed by atoms with Gasteiger partial charge in [0.25, 0.3) is 5.91 Å². The van der Waals surface area contributed by atoms with Crippen molar-refractivity contribution >= 4 is 21.8 Å². The van der Waals surface area contributed by atoms with Crippen molar-refractivity contribution in [2.24, 2.45) is 5.92 Å². The van der Waals surface area contributed by atoms with Gasteiger partial charge in [0.1, 0.15) is 11.5 Å². The van der Waals surface area contributed by atoms with Crippen LogP contribution >= 0.6 is 15.9 Å². The molecular weight excluding hydrogens is 322 g/mol. The van der Waals surface area contributed by atoms with Crippen LogP contribution in [0.2, 0.25) is 0 Å². The molecule has 1 N–H and O–H groups in total. The zero-order chi connectivity index (χ0) is 14.5. The first-order valence-electron chi connectivity index (χ1n) is 6.78. The number of carbonyl (C=O) groups excluding carboxylic acids is 1. The van der Waals surface area contributed by atoms with E-state index in [2.05, 4.69) is 21.2 Å². The first kappa shape index (κ1) is 15.2. The van der Waals surface area contributed by atoms with E-state index in [9.17, 15) is 4.79 Å². The summed E-state index contributed by atoms with van der Waals surface area (Å²) in [5.74, 6) is 1.63. The zero-order valence-corrected chi connectivity index (χ0v) is 13.4. The second-order valence-corrected chi connectivity index (χ2v) is 5.64. The highest BCUT2D eigenvalue weighted by atomic mass is 79.9. The van der Waals surface area contributed by atoms with Gasteiger partial charge in [0.15, 0.2) is 0 Å². The molecule has 2 unspecified atom stereocenters. The molecule has 0 spiro atoms. The van der Waals surface area contributed by atoms with E-state index in [0.29, 0.717) is 23.0 Å². The molecule has 1 aromatic carbocycles. The summed E-state index contributed by atoms with van der Waals surface area (Å²) in [6.45, 7) is 0. The van der Waals surface area contributed by atoms with Crippen LogP contribution < -0.4 is 14.8 Å². The molecule has 1 saturated carbocycles. The summed E-state index contributed by atoms with van der Waals surface area (Å²) < 4.78 is 10.4. The lowest BCUT2D eigenvalue weighted by Gasteiger charge is -2.20. The lowest BCUT2D eigenvalue weighted by Crippen LogP contribution is -2.38. The van der Waals surface area contributed by atoms with Crippen LogP contribution in [0.4, 0.5) is 0 Å². The highest BCUT2D eigenvalue weighted by molar-refractivity contribution is 9.09. The Morgan fingerprint density at radius 1 is 1.35 bits per heavy atom. The molecular formula is C15H20BrNO3. The molecule has 2 atom stereocenters. The van der Waals surface area contributed by atoms with E-state index in [0.717, 1.165) is 24.6 Å². The van der Waals surface area contributed by atoms with Crippen molar-refractivity contribution in [1.29, 1.82) is 0 Å². The number of rotatable bonds is 5. The molecule has 4 nitrogen and oxygen atoms in total. The van der Waals surface area contributed by atoms with E-state index < -0.39 is 0 Å². The van der Waals surface area contributed by atoms with Crippen LogP contribution in [0.5, 0.6) is 11.5 Å². The summed E-state index contributed by atoms with van der Waals surface area (Å²) in [5, 5.41) is 4.04. The lowest BCUT2D eigenvalue weighted by molar-refractivity contribution is 0.0927. The Labute approximate surface area is 128 Å². The van der Waals surface area contributed by atoms with Gasteiger partial charge in [-0.3, -0.25) is 4.79 Å². The highest BCUT2D eigenvalue weighted by Gasteiger charge is 2.28. The smallest absolute Gasteiger partial charge is 0.255 e. The molecule has 0 aromatic heterocycles. The van der Waals surface area contributed by atoms with Crippen LogP contribution in [0.3, 0.4) is 0 Å². The van der Waals surface area contributed by atoms with Crippen molar-refractivity contribution in [2.75, 3.05) is 19.5 Å². The molecule has 0 bridgehead atoms. The second kappa shape index (κ2) is 6.97. The van der Waals surface area contributed by atoms with Gasteiger partial charge in [-0.1, -0.05) is 22.4 Å². The van der Waals surface area contributed by atoms with Crippen LogP contribution in [0, 0.1) is 5.92 Å². The van der Waals surface area contributed by atoms with Gasteiger partial charge in [0.05, 0.1) is 19.8 Å². The SMILES string of the molecule is COc1ccc(OC)c(C(=O)NC2CCCC2CBr)c1. The van der Waals surface area contributed by atoms with E-state index >= 15 is 0 Å². The minimum absolute atomic E-state index is 0.0985. The van der Waals surface area contributed by atoms with E-state index in [4.69, 9.17) is 9.47 Å². The molecule has 0 saturated heterocycles. The number of hydrogen-bond donors (Lipinski definition) is 1. The van der Waals surface area contributed by atoms with Crippen LogP contribution in [-0.4, -0.2) is 31.5 Å². The number of benzene rings is 1. The van der Waals surface area contributed by atoms with Crippen molar-refractivity contribution in [3.8, 4) is 11.5 Å². The zero-order valence-electron chi connectivity index (χ0n) is 11.8. The molecule has 1 fully saturated rings. The predicted octanol–water partition coefficient (Wildman–Crippen LogP) is 3.00. The third-order valence-electron chi connectivity index (χ3n) is 3.83. The Morgan fingerprint density at radius 2 is 2.15 bits per heavy atom. The molecule has 0 heterocycles. The molecule has 1 aliphatic rings. The molecule has 2 rings (SSSR count). The maximum atomic E-state index is 12.4. The number of halogens is 1. The average Bonchev–Trinajstić information content (AvgIpc) is 2.93. The Balaban J connectivity index is 2.15. The van der Waals surface area contributed by atoms with E-state index in [1.54, 1.807) is 32.4 Å². The Hall–Kier alpha value is -1.23. The fraction of sp³-hybridized carbons (Fsp3) is 0.533. The number of carbonyl (C=O) groups is 1. The van der Waals surface area contributed by atoms with Crippen LogP contribution in [0.1, 0.15) is 29.6 Å². The van der Waals surface area contributed by atoms with Crippen molar-refractivity contribution in [3.63, 3.8) is 0 Å². The first-order chi connectivity index (χ1) is 9.69. The van der Waals surface area contributed by atoms with Gasteiger partial charge >= 0.3 is 0 Å². The Bertz CT molecular complexity index is 478. The Kier molecular flexibility index (Phi) is 5.29. The van der Waals surface area contributed by atoms with Gasteiger partial charge in [-0.15, -0.1) is 0 Å². The van der Waals surface area contributed by atoms with Gasteiger partial charge in [-0.05, 0) is 37.0 Å². The summed E-state index contributed by atoms with van der Waals surface area (Å²) in [4.78, 5) is 12.4. The van der Waals surface area contributed by atoms with Crippen LogP contribution in [-0.2, 0) is 0 Å². The number of ether oxygens (including phenoxy) is 2. The van der Waals surface area contributed by atoms with E-state index in [-0.39, 0.29) is 11.9 Å². The normalized spacial score (nSPS) is 21.6. The minimum atomic E-state index is -0.0985. The van der Waals surface area contributed by atoms with Crippen molar-refractivity contribution in [2.45, 2.75) is 25.3 Å². The third kappa shape index (κ3) is 3.26. The monoisotopic (exact) mass is 341 g/mol. The lowest BCUT2D eigenvalue weighted by atomic mass is 10.1. The topological polar surface area (TPSA) is 47.6 Å². The molecule has 1 amide bonds. The number of hydrogen-bond acceptors (Lipinski definition) is 3. The summed E-state index contributed by atoms with van der Waals surface area (Å²) in [6, 6.07) is 5.49. The summed E-state index contributed by atoms with van der Waals surface area (Å²) in [5.41, 5.74) is 0.520. The predicted molar refractivity (Wildman–Crippen MR) is 81.9 cm³/mol. The fourth-order valence-corrected chi connectivity index (χ4v) is 3.42. The second-order valence-electron chi connectivity index (χ2n) is 4.99. The van der Waals surface area contributed by atoms with Crippen molar-refractivity contribution < 1.29 is 14.3 Å². The van der Waals surface area contributed by atoms with Gasteiger partial charge in [0, 0.05) is 11.4 Å². The van der Waals surface area contributed by atoms with Gasteiger partial charge in [0.2, 0.25) is 0 Å². The molecule has 0 radical (unpaired) electrons. The molecule has 5 heteroatoms. The quantitative estimate of drug-likeness (QED) is 0.837. The van der Waals surface area contributed by atoms with E-state index in [1.807, 2.05) is 0 Å². The summed E-state index contributed by atoms with van der Waals surface area (Å²) in [6.07, 6.45) is 3.36. The van der Waals surface area contributed by atoms with Crippen molar-refractivity contribution in [1.82, 2.24) is 5.32 Å². The summed E-state index contributed by atoms with van der Waals surface area (Å²) in [7, 11) is 3.15. The maximum Gasteiger partial charge on any atom is 0.255 e. The molecule has 0 aliphatic heterocycles. The Morgan fingerprint density at radius 3 is 2.80 bits per heavy atom. The van der Waals surface area contributed by atoms with Crippen LogP contribution in [0.25, 0.3) is 0 Å². The average molecular weight is 342 g/mol. The highest BCUT2D eigenvalue weighted by Crippen LogP contribution is 2.29. The third-order valence-corrected chi connectivity index (χ3v) is 4.66. The standard InChI is InChI=1S/C15H20BrNO3/c1-19-11-6-7-14(20-2)12(8-11)15(18)17-13-5-3-4-10(13)9-16/h6-8,10,13H,3-5,9H2,1-2H3,(H,17,18). The molecule has 1 aliphatic carbocycles. The van der Waals surface area contributed by atoms with Gasteiger partial charge in [-0.2, -0.15) is 0 Å². The number of alkyl halides is 1. The molecule has 1 aromatic rings. The number of methoxy groups -OCH3 is 2. The van der Waals surface area contributed by atoms with Gasteiger partial charge in [-0.25, -0.2) is 0 Å². The molecule has 20 heavy (non-hydrogen) atoms. The maximum absolute atomic E-state index is 12.4. The van der Waals surface area contributed by atoms with E-state index in [1.165, 1.54) is 0 Å². The fourth-order valence-electron chi connectivity index (χ4n) is 2.65. The number of amides is 1. The van der Waals surface area contributed by atoms with Gasteiger partial charge < -0.3 is 14.8 Å². The minimum Gasteiger partial charge on any atom is -0.497 e. The number of nitrogens with one attached hydrogen (secondary N) is 1.